The van der Waals surface area contributed by atoms with Crippen molar-refractivity contribution in [3.63, 3.8) is 0 Å². The van der Waals surface area contributed by atoms with E-state index in [1.807, 2.05) is 17.0 Å². The number of nitrogens with zero attached hydrogens (tertiary/aromatic N) is 2. The predicted molar refractivity (Wildman–Crippen MR) is 87.9 cm³/mol. The SMILES string of the molecule is Cc1ccc(N2CCC(N3CCCC(C)(CO)C3)C2=O)cc1. The van der Waals surface area contributed by atoms with Crippen LogP contribution in [-0.4, -0.2) is 48.2 Å². The Bertz CT molecular complexity index is 543. The molecule has 22 heavy (non-hydrogen) atoms. The summed E-state index contributed by atoms with van der Waals surface area (Å²) >= 11 is 0. The molecule has 0 saturated carbocycles. The van der Waals surface area contributed by atoms with Crippen LogP contribution in [0.4, 0.5) is 5.69 Å². The van der Waals surface area contributed by atoms with Gasteiger partial charge in [0.2, 0.25) is 5.91 Å². The third-order valence-corrected chi connectivity index (χ3v) is 5.16. The van der Waals surface area contributed by atoms with Gasteiger partial charge in [-0.1, -0.05) is 24.6 Å². The molecule has 4 heteroatoms. The zero-order valence-corrected chi connectivity index (χ0v) is 13.6. The van der Waals surface area contributed by atoms with Crippen molar-refractivity contribution in [3.05, 3.63) is 29.8 Å². The fourth-order valence-electron chi connectivity index (χ4n) is 3.74. The highest BCUT2D eigenvalue weighted by atomic mass is 16.3. The molecule has 0 aromatic heterocycles. The van der Waals surface area contributed by atoms with E-state index >= 15 is 0 Å². The van der Waals surface area contributed by atoms with Gasteiger partial charge in [-0.15, -0.1) is 0 Å². The summed E-state index contributed by atoms with van der Waals surface area (Å²) in [6.07, 6.45) is 2.99. The lowest BCUT2D eigenvalue weighted by molar-refractivity contribution is -0.123. The first kappa shape index (κ1) is 15.5. The molecule has 0 bridgehead atoms. The maximum Gasteiger partial charge on any atom is 0.244 e. The Morgan fingerprint density at radius 1 is 1.27 bits per heavy atom. The molecular formula is C18H26N2O2. The van der Waals surface area contributed by atoms with E-state index in [9.17, 15) is 9.90 Å². The van der Waals surface area contributed by atoms with Crippen LogP contribution in [0.2, 0.25) is 0 Å². The number of amides is 1. The number of aliphatic hydroxyl groups is 1. The molecule has 4 nitrogen and oxygen atoms in total. The summed E-state index contributed by atoms with van der Waals surface area (Å²) in [6.45, 7) is 6.96. The number of hydrogen-bond donors (Lipinski definition) is 1. The number of carbonyl (C=O) groups is 1. The van der Waals surface area contributed by atoms with Gasteiger partial charge in [0.25, 0.3) is 0 Å². The Morgan fingerprint density at radius 3 is 2.68 bits per heavy atom. The van der Waals surface area contributed by atoms with Gasteiger partial charge >= 0.3 is 0 Å². The molecule has 2 aliphatic heterocycles. The number of likely N-dealkylation sites (tertiary alicyclic amines) is 1. The number of carbonyl (C=O) groups excluding carboxylic acids is 1. The lowest BCUT2D eigenvalue weighted by Gasteiger charge is -2.41. The van der Waals surface area contributed by atoms with Crippen LogP contribution >= 0.6 is 0 Å². The van der Waals surface area contributed by atoms with Crippen molar-refractivity contribution in [2.75, 3.05) is 31.1 Å². The zero-order chi connectivity index (χ0) is 15.7. The van der Waals surface area contributed by atoms with E-state index in [-0.39, 0.29) is 24.0 Å². The first-order valence-electron chi connectivity index (χ1n) is 8.25. The molecular weight excluding hydrogens is 276 g/mol. The molecule has 2 aliphatic rings. The van der Waals surface area contributed by atoms with Gasteiger partial charge in [-0.2, -0.15) is 0 Å². The first-order valence-corrected chi connectivity index (χ1v) is 8.25. The molecule has 0 spiro atoms. The van der Waals surface area contributed by atoms with E-state index in [4.69, 9.17) is 0 Å². The second kappa shape index (κ2) is 6.01. The van der Waals surface area contributed by atoms with Crippen molar-refractivity contribution in [1.29, 1.82) is 0 Å². The normalized spacial score (nSPS) is 30.0. The minimum Gasteiger partial charge on any atom is -0.396 e. The van der Waals surface area contributed by atoms with Gasteiger partial charge in [-0.05, 0) is 44.9 Å². The van der Waals surface area contributed by atoms with Crippen LogP contribution in [0.3, 0.4) is 0 Å². The van der Waals surface area contributed by atoms with Crippen LogP contribution in [0.25, 0.3) is 0 Å². The molecule has 1 amide bonds. The number of benzene rings is 1. The van der Waals surface area contributed by atoms with Gasteiger partial charge in [0, 0.05) is 30.8 Å². The van der Waals surface area contributed by atoms with Crippen molar-refractivity contribution in [1.82, 2.24) is 4.90 Å². The molecule has 2 unspecified atom stereocenters. The Labute approximate surface area is 132 Å². The van der Waals surface area contributed by atoms with Gasteiger partial charge in [-0.3, -0.25) is 9.69 Å². The Morgan fingerprint density at radius 2 is 2.00 bits per heavy atom. The van der Waals surface area contributed by atoms with Crippen molar-refractivity contribution in [2.45, 2.75) is 39.2 Å². The molecule has 1 aromatic carbocycles. The third-order valence-electron chi connectivity index (χ3n) is 5.16. The maximum atomic E-state index is 12.8. The highest BCUT2D eigenvalue weighted by Gasteiger charge is 2.41. The van der Waals surface area contributed by atoms with Gasteiger partial charge < -0.3 is 10.0 Å². The fraction of sp³-hybridized carbons (Fsp3) is 0.611. The molecule has 2 fully saturated rings. The summed E-state index contributed by atoms with van der Waals surface area (Å²) in [5.74, 6) is 0.214. The summed E-state index contributed by atoms with van der Waals surface area (Å²) in [5, 5.41) is 9.61. The Balaban J connectivity index is 1.72. The molecule has 2 atom stereocenters. The Kier molecular flexibility index (Phi) is 4.24. The van der Waals surface area contributed by atoms with Crippen molar-refractivity contribution < 1.29 is 9.90 Å². The standard InChI is InChI=1S/C18H26N2O2/c1-14-4-6-15(7-5-14)20-11-8-16(17(20)22)19-10-3-9-18(2,12-19)13-21/h4-7,16,21H,3,8-13H2,1-2H3. The van der Waals surface area contributed by atoms with E-state index in [1.165, 1.54) is 5.56 Å². The van der Waals surface area contributed by atoms with E-state index in [1.54, 1.807) is 0 Å². The van der Waals surface area contributed by atoms with Gasteiger partial charge in [0.05, 0.1) is 6.04 Å². The number of aliphatic hydroxyl groups excluding tert-OH is 1. The third kappa shape index (κ3) is 2.90. The average molecular weight is 302 g/mol. The molecule has 120 valence electrons. The van der Waals surface area contributed by atoms with Crippen LogP contribution in [0.15, 0.2) is 24.3 Å². The van der Waals surface area contributed by atoms with E-state index in [2.05, 4.69) is 30.9 Å². The highest BCUT2D eigenvalue weighted by molar-refractivity contribution is 5.99. The molecule has 1 N–H and O–H groups in total. The number of rotatable bonds is 3. The minimum absolute atomic E-state index is 0.0209. The first-order chi connectivity index (χ1) is 10.5. The van der Waals surface area contributed by atoms with Gasteiger partial charge in [0.15, 0.2) is 0 Å². The zero-order valence-electron chi connectivity index (χ0n) is 13.6. The lowest BCUT2D eigenvalue weighted by Crippen LogP contribution is -2.51. The summed E-state index contributed by atoms with van der Waals surface area (Å²) in [7, 11) is 0. The number of hydrogen-bond acceptors (Lipinski definition) is 3. The smallest absolute Gasteiger partial charge is 0.244 e. The van der Waals surface area contributed by atoms with Crippen LogP contribution in [0, 0.1) is 12.3 Å². The van der Waals surface area contributed by atoms with Gasteiger partial charge in [0.1, 0.15) is 0 Å². The number of anilines is 1. The maximum absolute atomic E-state index is 12.8. The van der Waals surface area contributed by atoms with Crippen LogP contribution in [0.5, 0.6) is 0 Å². The summed E-state index contributed by atoms with van der Waals surface area (Å²) < 4.78 is 0. The number of piperidine rings is 1. The van der Waals surface area contributed by atoms with Crippen molar-refractivity contribution >= 4 is 11.6 Å². The summed E-state index contributed by atoms with van der Waals surface area (Å²) in [4.78, 5) is 17.0. The summed E-state index contributed by atoms with van der Waals surface area (Å²) in [6, 6.07) is 8.15. The molecule has 2 saturated heterocycles. The van der Waals surface area contributed by atoms with E-state index in [0.29, 0.717) is 0 Å². The monoisotopic (exact) mass is 302 g/mol. The van der Waals surface area contributed by atoms with Crippen LogP contribution < -0.4 is 4.90 Å². The van der Waals surface area contributed by atoms with Gasteiger partial charge in [-0.25, -0.2) is 0 Å². The molecule has 2 heterocycles. The summed E-state index contributed by atoms with van der Waals surface area (Å²) in [5.41, 5.74) is 2.15. The molecule has 1 aromatic rings. The Hall–Kier alpha value is -1.39. The van der Waals surface area contributed by atoms with Crippen LogP contribution in [-0.2, 0) is 4.79 Å². The van der Waals surface area contributed by atoms with Crippen molar-refractivity contribution in [2.24, 2.45) is 5.41 Å². The molecule has 0 radical (unpaired) electrons. The quantitative estimate of drug-likeness (QED) is 0.931. The largest absolute Gasteiger partial charge is 0.396 e. The second-order valence-electron chi connectivity index (χ2n) is 7.17. The predicted octanol–water partition coefficient (Wildman–Crippen LogP) is 2.19. The molecule has 3 rings (SSSR count). The van der Waals surface area contributed by atoms with E-state index < -0.39 is 0 Å². The lowest BCUT2D eigenvalue weighted by atomic mass is 9.82. The number of aryl methyl sites for hydroxylation is 1. The molecule has 0 aliphatic carbocycles. The highest BCUT2D eigenvalue weighted by Crippen LogP contribution is 2.33. The minimum atomic E-state index is -0.0597. The van der Waals surface area contributed by atoms with Crippen molar-refractivity contribution in [3.8, 4) is 0 Å². The van der Waals surface area contributed by atoms with Crippen LogP contribution in [0.1, 0.15) is 31.7 Å². The second-order valence-corrected chi connectivity index (χ2v) is 7.17. The van der Waals surface area contributed by atoms with E-state index in [0.717, 1.165) is 44.6 Å². The fourth-order valence-corrected chi connectivity index (χ4v) is 3.74. The average Bonchev–Trinajstić information content (AvgIpc) is 2.90. The topological polar surface area (TPSA) is 43.8 Å².